The van der Waals surface area contributed by atoms with E-state index in [0.717, 1.165) is 52.7 Å². The lowest BCUT2D eigenvalue weighted by atomic mass is 9.92. The maximum Gasteiger partial charge on any atom is 0.318 e. The van der Waals surface area contributed by atoms with Crippen molar-refractivity contribution < 1.29 is 9.53 Å². The SMILES string of the molecule is COc1ccc(C2c3c(c4cc(Cl)ccc4n3N)CCN2C(=O)NC2CCCCC2)cc1. The minimum absolute atomic E-state index is 0.0216. The fraction of sp³-hybridized carbons (Fsp3) is 0.400. The molecule has 0 saturated heterocycles. The Balaban J connectivity index is 1.58. The summed E-state index contributed by atoms with van der Waals surface area (Å²) in [7, 11) is 1.65. The number of hydrogen-bond acceptors (Lipinski definition) is 3. The molecule has 2 aliphatic rings. The van der Waals surface area contributed by atoms with Crippen molar-refractivity contribution in [3.63, 3.8) is 0 Å². The molecule has 1 aliphatic carbocycles. The number of nitrogens with zero attached hydrogens (tertiary/aromatic N) is 2. The first-order valence-electron chi connectivity index (χ1n) is 11.4. The maximum absolute atomic E-state index is 13.5. The number of benzene rings is 2. The molecular formula is C25H29ClN4O2. The van der Waals surface area contributed by atoms with Gasteiger partial charge in [-0.25, -0.2) is 4.79 Å². The number of hydrogen-bond donors (Lipinski definition) is 2. The summed E-state index contributed by atoms with van der Waals surface area (Å²) in [5.74, 6) is 7.41. The second-order valence-electron chi connectivity index (χ2n) is 8.80. The Morgan fingerprint density at radius 3 is 2.59 bits per heavy atom. The lowest BCUT2D eigenvalue weighted by molar-refractivity contribution is 0.171. The van der Waals surface area contributed by atoms with Gasteiger partial charge >= 0.3 is 6.03 Å². The fourth-order valence-corrected chi connectivity index (χ4v) is 5.46. The predicted octanol–water partition coefficient (Wildman–Crippen LogP) is 5.01. The highest BCUT2D eigenvalue weighted by molar-refractivity contribution is 6.31. The number of carbonyl (C=O) groups excluding carboxylic acids is 1. The molecule has 1 aromatic heterocycles. The van der Waals surface area contributed by atoms with Gasteiger partial charge in [-0.2, -0.15) is 0 Å². The maximum atomic E-state index is 13.5. The first kappa shape index (κ1) is 21.0. The normalized spacial score (nSPS) is 19.1. The van der Waals surface area contributed by atoms with Gasteiger partial charge in [0.25, 0.3) is 0 Å². The Hall–Kier alpha value is -2.86. The van der Waals surface area contributed by atoms with Gasteiger partial charge in [0.05, 0.1) is 18.3 Å². The van der Waals surface area contributed by atoms with Gasteiger partial charge in [-0.15, -0.1) is 0 Å². The molecule has 1 aliphatic heterocycles. The molecule has 2 heterocycles. The van der Waals surface area contributed by atoms with E-state index in [0.29, 0.717) is 11.6 Å². The molecule has 1 fully saturated rings. The zero-order valence-corrected chi connectivity index (χ0v) is 19.1. The summed E-state index contributed by atoms with van der Waals surface area (Å²) in [4.78, 5) is 15.4. The van der Waals surface area contributed by atoms with Crippen molar-refractivity contribution in [2.75, 3.05) is 19.5 Å². The van der Waals surface area contributed by atoms with Crippen LogP contribution >= 0.6 is 11.6 Å². The van der Waals surface area contributed by atoms with Crippen molar-refractivity contribution in [3.05, 3.63) is 64.3 Å². The molecule has 0 bridgehead atoms. The van der Waals surface area contributed by atoms with Crippen molar-refractivity contribution in [2.45, 2.75) is 50.6 Å². The first-order valence-corrected chi connectivity index (χ1v) is 11.7. The monoisotopic (exact) mass is 452 g/mol. The first-order chi connectivity index (χ1) is 15.6. The number of nitrogens with one attached hydrogen (secondary N) is 1. The van der Waals surface area contributed by atoms with Crippen LogP contribution in [0.5, 0.6) is 5.75 Å². The van der Waals surface area contributed by atoms with Crippen LogP contribution in [0.15, 0.2) is 42.5 Å². The van der Waals surface area contributed by atoms with Crippen molar-refractivity contribution >= 4 is 28.5 Å². The average Bonchev–Trinajstić information content (AvgIpc) is 3.10. The lowest BCUT2D eigenvalue weighted by Gasteiger charge is -2.38. The highest BCUT2D eigenvalue weighted by Crippen LogP contribution is 2.40. The lowest BCUT2D eigenvalue weighted by Crippen LogP contribution is -2.50. The van der Waals surface area contributed by atoms with Gasteiger partial charge in [0, 0.05) is 23.0 Å². The van der Waals surface area contributed by atoms with E-state index in [9.17, 15) is 4.79 Å². The Bertz CT molecular complexity index is 1140. The average molecular weight is 453 g/mol. The number of nitrogen functional groups attached to an aromatic ring is 1. The summed E-state index contributed by atoms with van der Waals surface area (Å²) in [6, 6.07) is 13.6. The molecule has 3 aromatic rings. The van der Waals surface area contributed by atoms with E-state index in [1.807, 2.05) is 47.4 Å². The predicted molar refractivity (Wildman–Crippen MR) is 128 cm³/mol. The van der Waals surface area contributed by atoms with Crippen LogP contribution in [-0.4, -0.2) is 35.3 Å². The van der Waals surface area contributed by atoms with E-state index in [2.05, 4.69) is 5.32 Å². The number of aromatic nitrogens is 1. The number of amides is 2. The molecule has 3 N–H and O–H groups in total. The number of rotatable bonds is 3. The third-order valence-corrected chi connectivity index (χ3v) is 7.15. The van der Waals surface area contributed by atoms with E-state index in [4.69, 9.17) is 22.2 Å². The molecule has 1 atom stereocenters. The minimum Gasteiger partial charge on any atom is -0.497 e. The van der Waals surface area contributed by atoms with E-state index < -0.39 is 0 Å². The third kappa shape index (κ3) is 3.66. The molecule has 32 heavy (non-hydrogen) atoms. The largest absolute Gasteiger partial charge is 0.497 e. The van der Waals surface area contributed by atoms with Crippen LogP contribution < -0.4 is 15.9 Å². The Morgan fingerprint density at radius 2 is 1.88 bits per heavy atom. The van der Waals surface area contributed by atoms with Crippen molar-refractivity contribution in [1.82, 2.24) is 14.9 Å². The van der Waals surface area contributed by atoms with E-state index in [-0.39, 0.29) is 18.1 Å². The molecule has 0 spiro atoms. The molecule has 1 saturated carbocycles. The Labute approximate surface area is 193 Å². The third-order valence-electron chi connectivity index (χ3n) is 6.91. The zero-order valence-electron chi connectivity index (χ0n) is 18.3. The number of methoxy groups -OCH3 is 1. The minimum atomic E-state index is -0.288. The zero-order chi connectivity index (χ0) is 22.2. The second-order valence-corrected chi connectivity index (χ2v) is 9.24. The van der Waals surface area contributed by atoms with Gasteiger partial charge in [0.15, 0.2) is 0 Å². The van der Waals surface area contributed by atoms with Crippen LogP contribution in [0.25, 0.3) is 10.9 Å². The molecule has 1 unspecified atom stereocenters. The molecule has 0 radical (unpaired) electrons. The summed E-state index contributed by atoms with van der Waals surface area (Å²) < 4.78 is 7.08. The van der Waals surface area contributed by atoms with Gasteiger partial charge in [0.1, 0.15) is 11.8 Å². The van der Waals surface area contributed by atoms with Gasteiger partial charge in [-0.3, -0.25) is 4.68 Å². The highest BCUT2D eigenvalue weighted by atomic mass is 35.5. The molecule has 2 aromatic carbocycles. The van der Waals surface area contributed by atoms with Crippen LogP contribution in [0.2, 0.25) is 5.02 Å². The molecule has 7 heteroatoms. The number of fused-ring (bicyclic) bond motifs is 3. The van der Waals surface area contributed by atoms with Crippen molar-refractivity contribution in [1.29, 1.82) is 0 Å². The summed E-state index contributed by atoms with van der Waals surface area (Å²) in [5.41, 5.74) is 4.03. The van der Waals surface area contributed by atoms with Crippen molar-refractivity contribution in [2.24, 2.45) is 0 Å². The van der Waals surface area contributed by atoms with Gasteiger partial charge < -0.3 is 20.8 Å². The summed E-state index contributed by atoms with van der Waals surface area (Å²) >= 11 is 6.31. The number of urea groups is 1. The van der Waals surface area contributed by atoms with Gasteiger partial charge in [-0.05, 0) is 60.7 Å². The Kier molecular flexibility index (Phi) is 5.64. The number of carbonyl (C=O) groups is 1. The van der Waals surface area contributed by atoms with Gasteiger partial charge in [0.2, 0.25) is 0 Å². The van der Waals surface area contributed by atoms with Crippen molar-refractivity contribution in [3.8, 4) is 5.75 Å². The molecule has 6 nitrogen and oxygen atoms in total. The van der Waals surface area contributed by atoms with Crippen LogP contribution in [0.1, 0.15) is 55.0 Å². The number of halogens is 1. The Morgan fingerprint density at radius 1 is 1.12 bits per heavy atom. The summed E-state index contributed by atoms with van der Waals surface area (Å²) in [5, 5.41) is 5.04. The number of nitrogens with two attached hydrogens (primary N) is 1. The molecule has 5 rings (SSSR count). The molecule has 2 amide bonds. The van der Waals surface area contributed by atoms with Crippen LogP contribution in [0.3, 0.4) is 0 Å². The topological polar surface area (TPSA) is 72.5 Å². The smallest absolute Gasteiger partial charge is 0.318 e. The van der Waals surface area contributed by atoms with Crippen LogP contribution in [0, 0.1) is 0 Å². The highest BCUT2D eigenvalue weighted by Gasteiger charge is 2.37. The van der Waals surface area contributed by atoms with E-state index >= 15 is 0 Å². The van der Waals surface area contributed by atoms with Crippen LogP contribution in [-0.2, 0) is 6.42 Å². The molecular weight excluding hydrogens is 424 g/mol. The standard InChI is InChI=1S/C25H29ClN4O2/c1-32-19-10-7-16(8-11-19)23-24-20(21-15-17(26)9-12-22(21)30(24)27)13-14-29(23)25(31)28-18-5-3-2-4-6-18/h7-12,15,18,23H,2-6,13-14,27H2,1H3,(H,28,31). The number of ether oxygens (including phenoxy) is 1. The van der Waals surface area contributed by atoms with Crippen LogP contribution in [0.4, 0.5) is 4.79 Å². The quantitative estimate of drug-likeness (QED) is 0.549. The van der Waals surface area contributed by atoms with E-state index in [1.165, 1.54) is 19.3 Å². The van der Waals surface area contributed by atoms with Gasteiger partial charge in [-0.1, -0.05) is 43.0 Å². The second kappa shape index (κ2) is 8.58. The summed E-state index contributed by atoms with van der Waals surface area (Å²) in [6.07, 6.45) is 6.44. The van der Waals surface area contributed by atoms with E-state index in [1.54, 1.807) is 11.8 Å². The molecule has 168 valence electrons. The summed E-state index contributed by atoms with van der Waals surface area (Å²) in [6.45, 7) is 0.619. The fourth-order valence-electron chi connectivity index (χ4n) is 5.29.